The number of likely N-dealkylation sites (tertiary alicyclic amines) is 1. The van der Waals surface area contributed by atoms with Gasteiger partial charge in [0, 0.05) is 54.4 Å². The standard InChI is InChI=1S/C21H29N5O2/c1-21(13-23-19(27)12-25(2)16-4-3-5-16)7-9-26(14-21)20(28)18-10-15-11-22-8-6-17(15)24-18/h6,8,10-11,16,24H,3-5,7,9,12-14H2,1-2H3,(H,23,27). The zero-order chi connectivity index (χ0) is 19.7. The van der Waals surface area contributed by atoms with Crippen molar-refractivity contribution in [1.82, 2.24) is 25.1 Å². The fourth-order valence-corrected chi connectivity index (χ4v) is 4.15. The second kappa shape index (κ2) is 7.54. The maximum atomic E-state index is 12.9. The summed E-state index contributed by atoms with van der Waals surface area (Å²) < 4.78 is 0. The minimum atomic E-state index is -0.0894. The number of pyridine rings is 1. The Hall–Kier alpha value is -2.41. The van der Waals surface area contributed by atoms with Crippen LogP contribution in [-0.4, -0.2) is 70.9 Å². The van der Waals surface area contributed by atoms with Crippen molar-refractivity contribution in [1.29, 1.82) is 0 Å². The summed E-state index contributed by atoms with van der Waals surface area (Å²) in [6, 6.07) is 4.29. The van der Waals surface area contributed by atoms with E-state index in [1.807, 2.05) is 24.1 Å². The molecule has 2 fully saturated rings. The fraction of sp³-hybridized carbons (Fsp3) is 0.571. The summed E-state index contributed by atoms with van der Waals surface area (Å²) in [5.41, 5.74) is 1.43. The van der Waals surface area contributed by atoms with E-state index >= 15 is 0 Å². The van der Waals surface area contributed by atoms with E-state index in [9.17, 15) is 9.59 Å². The molecule has 1 aliphatic carbocycles. The predicted octanol–water partition coefficient (Wildman–Crippen LogP) is 2.02. The largest absolute Gasteiger partial charge is 0.354 e. The Morgan fingerprint density at radius 1 is 1.43 bits per heavy atom. The summed E-state index contributed by atoms with van der Waals surface area (Å²) in [5, 5.41) is 4.03. The molecule has 150 valence electrons. The molecule has 1 atom stereocenters. The van der Waals surface area contributed by atoms with Crippen LogP contribution in [0.4, 0.5) is 0 Å². The minimum Gasteiger partial charge on any atom is -0.354 e. The van der Waals surface area contributed by atoms with Gasteiger partial charge < -0.3 is 15.2 Å². The monoisotopic (exact) mass is 383 g/mol. The SMILES string of the molecule is CN(CC(=O)NCC1(C)CCN(C(=O)c2cc3cnccc3[nH]2)C1)C1CCC1. The Labute approximate surface area is 165 Å². The van der Waals surface area contributed by atoms with Gasteiger partial charge in [-0.25, -0.2) is 0 Å². The van der Waals surface area contributed by atoms with Crippen molar-refractivity contribution < 1.29 is 9.59 Å². The van der Waals surface area contributed by atoms with E-state index in [4.69, 9.17) is 0 Å². The van der Waals surface area contributed by atoms with E-state index in [2.05, 4.69) is 27.1 Å². The number of nitrogens with one attached hydrogen (secondary N) is 2. The van der Waals surface area contributed by atoms with Crippen molar-refractivity contribution in [3.05, 3.63) is 30.2 Å². The van der Waals surface area contributed by atoms with E-state index in [-0.39, 0.29) is 17.2 Å². The fourth-order valence-electron chi connectivity index (χ4n) is 4.15. The van der Waals surface area contributed by atoms with Crippen molar-refractivity contribution in [3.63, 3.8) is 0 Å². The lowest BCUT2D eigenvalue weighted by atomic mass is 9.89. The Bertz CT molecular complexity index is 842. The summed E-state index contributed by atoms with van der Waals surface area (Å²) in [7, 11) is 2.02. The number of nitrogens with zero attached hydrogens (tertiary/aromatic N) is 3. The lowest BCUT2D eigenvalue weighted by Gasteiger charge is -2.34. The van der Waals surface area contributed by atoms with E-state index in [1.54, 1.807) is 12.4 Å². The van der Waals surface area contributed by atoms with Gasteiger partial charge >= 0.3 is 0 Å². The number of amides is 2. The number of aromatic amines is 1. The van der Waals surface area contributed by atoms with Crippen molar-refractivity contribution in [2.75, 3.05) is 33.2 Å². The Kier molecular flexibility index (Phi) is 5.10. The average molecular weight is 383 g/mol. The molecule has 2 aromatic heterocycles. The molecule has 2 aromatic rings. The van der Waals surface area contributed by atoms with E-state index in [0.717, 1.165) is 17.3 Å². The summed E-state index contributed by atoms with van der Waals surface area (Å²) in [6.07, 6.45) is 8.02. The first-order valence-electron chi connectivity index (χ1n) is 10.1. The average Bonchev–Trinajstić information content (AvgIpc) is 3.22. The third-order valence-corrected chi connectivity index (χ3v) is 6.30. The van der Waals surface area contributed by atoms with Gasteiger partial charge in [-0.15, -0.1) is 0 Å². The minimum absolute atomic E-state index is 0.0102. The van der Waals surface area contributed by atoms with Crippen LogP contribution in [0.25, 0.3) is 10.9 Å². The van der Waals surface area contributed by atoms with E-state index in [0.29, 0.717) is 37.9 Å². The van der Waals surface area contributed by atoms with Crippen molar-refractivity contribution in [2.45, 2.75) is 38.6 Å². The first-order chi connectivity index (χ1) is 13.4. The molecule has 2 amide bonds. The first-order valence-corrected chi connectivity index (χ1v) is 10.1. The Morgan fingerprint density at radius 3 is 2.96 bits per heavy atom. The van der Waals surface area contributed by atoms with Crippen molar-refractivity contribution in [2.24, 2.45) is 5.41 Å². The van der Waals surface area contributed by atoms with Gasteiger partial charge in [0.05, 0.1) is 6.54 Å². The molecule has 0 spiro atoms. The quantitative estimate of drug-likeness (QED) is 0.800. The number of rotatable bonds is 6. The van der Waals surface area contributed by atoms with E-state index < -0.39 is 0 Å². The number of carbonyl (C=O) groups is 2. The van der Waals surface area contributed by atoms with Gasteiger partial charge in [0.1, 0.15) is 5.69 Å². The molecule has 0 aromatic carbocycles. The lowest BCUT2D eigenvalue weighted by molar-refractivity contribution is -0.123. The molecule has 0 radical (unpaired) electrons. The third kappa shape index (κ3) is 3.90. The summed E-state index contributed by atoms with van der Waals surface area (Å²) in [4.78, 5) is 36.5. The van der Waals surface area contributed by atoms with Crippen molar-refractivity contribution in [3.8, 4) is 0 Å². The molecule has 4 rings (SSSR count). The maximum absolute atomic E-state index is 12.9. The number of H-pyrrole nitrogens is 1. The van der Waals surface area contributed by atoms with Gasteiger partial charge in [0.25, 0.3) is 5.91 Å². The second-order valence-corrected chi connectivity index (χ2v) is 8.71. The first kappa shape index (κ1) is 18.9. The van der Waals surface area contributed by atoms with Crippen LogP contribution < -0.4 is 5.32 Å². The number of likely N-dealkylation sites (N-methyl/N-ethyl adjacent to an activating group) is 1. The highest BCUT2D eigenvalue weighted by Crippen LogP contribution is 2.30. The Morgan fingerprint density at radius 2 is 2.25 bits per heavy atom. The van der Waals surface area contributed by atoms with Crippen molar-refractivity contribution >= 4 is 22.7 Å². The van der Waals surface area contributed by atoms with Gasteiger partial charge in [-0.05, 0) is 38.4 Å². The van der Waals surface area contributed by atoms with Crippen LogP contribution >= 0.6 is 0 Å². The molecule has 2 N–H and O–H groups in total. The maximum Gasteiger partial charge on any atom is 0.270 e. The molecule has 3 heterocycles. The molecule has 2 aliphatic rings. The number of carbonyl (C=O) groups excluding carboxylic acids is 2. The molecule has 28 heavy (non-hydrogen) atoms. The summed E-state index contributed by atoms with van der Waals surface area (Å²) in [6.45, 7) is 4.56. The van der Waals surface area contributed by atoms with E-state index in [1.165, 1.54) is 19.3 Å². The highest BCUT2D eigenvalue weighted by atomic mass is 16.2. The topological polar surface area (TPSA) is 81.3 Å². The number of hydrogen-bond donors (Lipinski definition) is 2. The van der Waals surface area contributed by atoms with Gasteiger partial charge in [-0.2, -0.15) is 0 Å². The Balaban J connectivity index is 1.30. The molecular formula is C21H29N5O2. The molecule has 0 bridgehead atoms. The summed E-state index contributed by atoms with van der Waals surface area (Å²) in [5.74, 6) is 0.0829. The van der Waals surface area contributed by atoms with Crippen LogP contribution in [-0.2, 0) is 4.79 Å². The zero-order valence-electron chi connectivity index (χ0n) is 16.7. The third-order valence-electron chi connectivity index (χ3n) is 6.30. The van der Waals surface area contributed by atoms with Gasteiger partial charge in [-0.3, -0.25) is 19.5 Å². The van der Waals surface area contributed by atoms with Gasteiger partial charge in [-0.1, -0.05) is 13.3 Å². The van der Waals surface area contributed by atoms with Crippen LogP contribution in [0.5, 0.6) is 0 Å². The highest BCUT2D eigenvalue weighted by molar-refractivity contribution is 5.98. The number of aromatic nitrogens is 2. The molecule has 1 saturated heterocycles. The molecule has 7 heteroatoms. The molecular weight excluding hydrogens is 354 g/mol. The van der Waals surface area contributed by atoms with Crippen LogP contribution in [0.3, 0.4) is 0 Å². The van der Waals surface area contributed by atoms with Crippen LogP contribution in [0.15, 0.2) is 24.5 Å². The molecule has 1 unspecified atom stereocenters. The number of fused-ring (bicyclic) bond motifs is 1. The van der Waals surface area contributed by atoms with Crippen LogP contribution in [0, 0.1) is 5.41 Å². The number of hydrogen-bond acceptors (Lipinski definition) is 4. The molecule has 1 saturated carbocycles. The zero-order valence-corrected chi connectivity index (χ0v) is 16.7. The van der Waals surface area contributed by atoms with Crippen LogP contribution in [0.1, 0.15) is 43.1 Å². The second-order valence-electron chi connectivity index (χ2n) is 8.71. The highest BCUT2D eigenvalue weighted by Gasteiger charge is 2.37. The molecule has 7 nitrogen and oxygen atoms in total. The smallest absolute Gasteiger partial charge is 0.270 e. The van der Waals surface area contributed by atoms with Crippen LogP contribution in [0.2, 0.25) is 0 Å². The predicted molar refractivity (Wildman–Crippen MR) is 108 cm³/mol. The normalized spacial score (nSPS) is 22.6. The summed E-state index contributed by atoms with van der Waals surface area (Å²) >= 11 is 0. The molecule has 1 aliphatic heterocycles. The lowest BCUT2D eigenvalue weighted by Crippen LogP contribution is -2.46. The van der Waals surface area contributed by atoms with Gasteiger partial charge in [0.2, 0.25) is 5.91 Å². The van der Waals surface area contributed by atoms with Gasteiger partial charge in [0.15, 0.2) is 0 Å².